The number of rotatable bonds is 6. The van der Waals surface area contributed by atoms with Crippen LogP contribution in [0.2, 0.25) is 0 Å². The molecule has 124 valence electrons. The topological polar surface area (TPSA) is 88.2 Å². The number of nitrogens with one attached hydrogen (secondary N) is 2. The van der Waals surface area contributed by atoms with Crippen LogP contribution in [0, 0.1) is 0 Å². The van der Waals surface area contributed by atoms with Gasteiger partial charge in [0.2, 0.25) is 0 Å². The van der Waals surface area contributed by atoms with Crippen molar-refractivity contribution in [3.63, 3.8) is 0 Å². The summed E-state index contributed by atoms with van der Waals surface area (Å²) < 4.78 is 22.8. The van der Waals surface area contributed by atoms with E-state index in [0.29, 0.717) is 16.5 Å². The Balaban J connectivity index is 2.06. The van der Waals surface area contributed by atoms with Gasteiger partial charge in [0, 0.05) is 23.4 Å². The van der Waals surface area contributed by atoms with Crippen molar-refractivity contribution in [3.05, 3.63) is 35.3 Å². The Morgan fingerprint density at radius 2 is 1.96 bits per heavy atom. The lowest BCUT2D eigenvalue weighted by molar-refractivity contribution is 0.0935. The van der Waals surface area contributed by atoms with Gasteiger partial charge in [-0.15, -0.1) is 11.3 Å². The van der Waals surface area contributed by atoms with E-state index in [1.54, 1.807) is 17.5 Å². The van der Waals surface area contributed by atoms with Gasteiger partial charge in [-0.25, -0.2) is 13.4 Å². The van der Waals surface area contributed by atoms with E-state index in [0.717, 1.165) is 6.42 Å². The van der Waals surface area contributed by atoms with Gasteiger partial charge in [0.1, 0.15) is 5.69 Å². The smallest absolute Gasteiger partial charge is 0.271 e. The Bertz CT molecular complexity index is 783. The van der Waals surface area contributed by atoms with Crippen molar-refractivity contribution in [3.8, 4) is 0 Å². The molecule has 1 amide bonds. The average Bonchev–Trinajstić information content (AvgIpc) is 2.95. The van der Waals surface area contributed by atoms with Crippen molar-refractivity contribution in [2.45, 2.75) is 31.2 Å². The van der Waals surface area contributed by atoms with Crippen LogP contribution in [0.15, 0.2) is 34.5 Å². The van der Waals surface area contributed by atoms with Crippen LogP contribution in [0.3, 0.4) is 0 Å². The second kappa shape index (κ2) is 7.10. The predicted molar refractivity (Wildman–Crippen MR) is 92.2 cm³/mol. The first-order chi connectivity index (χ1) is 10.8. The maximum atomic E-state index is 12.0. The second-order valence-electron chi connectivity index (χ2n) is 5.24. The van der Waals surface area contributed by atoms with Gasteiger partial charge in [-0.05, 0) is 37.6 Å². The summed E-state index contributed by atoms with van der Waals surface area (Å²) in [5.41, 5.74) is 1.08. The van der Waals surface area contributed by atoms with Crippen LogP contribution >= 0.6 is 11.3 Å². The van der Waals surface area contributed by atoms with Gasteiger partial charge < -0.3 is 10.6 Å². The molecule has 2 N–H and O–H groups in total. The van der Waals surface area contributed by atoms with E-state index in [1.807, 2.05) is 13.8 Å². The monoisotopic (exact) mass is 353 g/mol. The van der Waals surface area contributed by atoms with E-state index in [4.69, 9.17) is 0 Å². The number of carbonyl (C=O) groups excluding carboxylic acids is 1. The molecule has 1 unspecified atom stereocenters. The molecule has 2 rings (SSSR count). The van der Waals surface area contributed by atoms with E-state index in [9.17, 15) is 13.2 Å². The van der Waals surface area contributed by atoms with Gasteiger partial charge in [0.05, 0.1) is 4.90 Å². The third-order valence-electron chi connectivity index (χ3n) is 3.26. The van der Waals surface area contributed by atoms with Crippen molar-refractivity contribution in [1.82, 2.24) is 10.3 Å². The lowest BCUT2D eigenvalue weighted by Gasteiger charge is -2.09. The van der Waals surface area contributed by atoms with Crippen molar-refractivity contribution in [2.75, 3.05) is 11.6 Å². The summed E-state index contributed by atoms with van der Waals surface area (Å²) in [4.78, 5) is 16.5. The van der Waals surface area contributed by atoms with E-state index in [1.165, 1.54) is 29.7 Å². The Labute approximate surface area is 139 Å². The molecule has 0 spiro atoms. The Morgan fingerprint density at radius 3 is 2.52 bits per heavy atom. The zero-order valence-electron chi connectivity index (χ0n) is 13.2. The highest BCUT2D eigenvalue weighted by atomic mass is 32.2. The first-order valence-corrected chi connectivity index (χ1v) is 9.90. The largest absolute Gasteiger partial charge is 0.348 e. The van der Waals surface area contributed by atoms with E-state index < -0.39 is 9.84 Å². The predicted octanol–water partition coefficient (Wildman–Crippen LogP) is 2.82. The number of sulfone groups is 1. The molecule has 0 aliphatic carbocycles. The fourth-order valence-corrected chi connectivity index (χ4v) is 3.09. The molecule has 0 aliphatic rings. The van der Waals surface area contributed by atoms with Crippen molar-refractivity contribution in [1.29, 1.82) is 0 Å². The van der Waals surface area contributed by atoms with Crippen LogP contribution in [-0.4, -0.2) is 31.6 Å². The Hall–Kier alpha value is -1.93. The molecule has 2 aromatic rings. The maximum Gasteiger partial charge on any atom is 0.271 e. The SMILES string of the molecule is CCC(C)NC(=O)c1csc(Nc2ccc(S(C)(=O)=O)cc2)n1. The molecular weight excluding hydrogens is 334 g/mol. The molecule has 1 atom stereocenters. The number of thiazole rings is 1. The number of carbonyl (C=O) groups is 1. The minimum atomic E-state index is -3.21. The molecular formula is C15H19N3O3S2. The van der Waals surface area contributed by atoms with Gasteiger partial charge in [-0.2, -0.15) is 0 Å². The minimum Gasteiger partial charge on any atom is -0.348 e. The summed E-state index contributed by atoms with van der Waals surface area (Å²) >= 11 is 1.32. The van der Waals surface area contributed by atoms with Gasteiger partial charge in [-0.3, -0.25) is 4.79 Å². The molecule has 1 aromatic carbocycles. The summed E-state index contributed by atoms with van der Waals surface area (Å²) in [7, 11) is -3.21. The first-order valence-electron chi connectivity index (χ1n) is 7.13. The molecule has 0 aliphatic heterocycles. The van der Waals surface area contributed by atoms with Crippen LogP contribution in [0.4, 0.5) is 10.8 Å². The summed E-state index contributed by atoms with van der Waals surface area (Å²) in [6, 6.07) is 6.49. The van der Waals surface area contributed by atoms with Crippen LogP contribution in [0.5, 0.6) is 0 Å². The quantitative estimate of drug-likeness (QED) is 0.834. The number of nitrogens with zero attached hydrogens (tertiary/aromatic N) is 1. The third-order valence-corrected chi connectivity index (χ3v) is 5.15. The summed E-state index contributed by atoms with van der Waals surface area (Å²) in [6.07, 6.45) is 2.02. The van der Waals surface area contributed by atoms with E-state index in [2.05, 4.69) is 15.6 Å². The third kappa shape index (κ3) is 4.77. The summed E-state index contributed by atoms with van der Waals surface area (Å²) in [5, 5.41) is 8.18. The molecule has 1 heterocycles. The lowest BCUT2D eigenvalue weighted by Crippen LogP contribution is -2.32. The average molecular weight is 353 g/mol. The summed E-state index contributed by atoms with van der Waals surface area (Å²) in [6.45, 7) is 3.94. The first kappa shape index (κ1) is 17.4. The molecule has 0 saturated carbocycles. The number of hydrogen-bond acceptors (Lipinski definition) is 6. The van der Waals surface area contributed by atoms with Crippen LogP contribution in [0.25, 0.3) is 0 Å². The fraction of sp³-hybridized carbons (Fsp3) is 0.333. The standard InChI is InChI=1S/C15H19N3O3S2/c1-4-10(2)16-14(19)13-9-22-15(18-13)17-11-5-7-12(8-6-11)23(3,20)21/h5-10H,4H2,1-3H3,(H,16,19)(H,17,18). The van der Waals surface area contributed by atoms with Crippen molar-refractivity contribution in [2.24, 2.45) is 0 Å². The zero-order chi connectivity index (χ0) is 17.0. The molecule has 0 bridgehead atoms. The van der Waals surface area contributed by atoms with Crippen LogP contribution in [0.1, 0.15) is 30.8 Å². The zero-order valence-corrected chi connectivity index (χ0v) is 14.8. The molecule has 6 nitrogen and oxygen atoms in total. The highest BCUT2D eigenvalue weighted by Gasteiger charge is 2.13. The molecule has 0 radical (unpaired) electrons. The van der Waals surface area contributed by atoms with Gasteiger partial charge in [0.15, 0.2) is 15.0 Å². The number of hydrogen-bond donors (Lipinski definition) is 2. The highest BCUT2D eigenvalue weighted by molar-refractivity contribution is 7.90. The van der Waals surface area contributed by atoms with Gasteiger partial charge in [-0.1, -0.05) is 6.92 Å². The van der Waals surface area contributed by atoms with Crippen molar-refractivity contribution >= 4 is 37.9 Å². The summed E-state index contributed by atoms with van der Waals surface area (Å²) in [5.74, 6) is -0.198. The normalized spacial score (nSPS) is 12.7. The maximum absolute atomic E-state index is 12.0. The lowest BCUT2D eigenvalue weighted by atomic mass is 10.2. The highest BCUT2D eigenvalue weighted by Crippen LogP contribution is 2.22. The second-order valence-corrected chi connectivity index (χ2v) is 8.12. The number of anilines is 2. The molecule has 23 heavy (non-hydrogen) atoms. The van der Waals surface area contributed by atoms with Crippen LogP contribution in [-0.2, 0) is 9.84 Å². The van der Waals surface area contributed by atoms with Gasteiger partial charge >= 0.3 is 0 Å². The van der Waals surface area contributed by atoms with E-state index >= 15 is 0 Å². The fourth-order valence-electron chi connectivity index (χ4n) is 1.74. The number of amides is 1. The van der Waals surface area contributed by atoms with Crippen molar-refractivity contribution < 1.29 is 13.2 Å². The Kier molecular flexibility index (Phi) is 5.38. The Morgan fingerprint density at radius 1 is 1.30 bits per heavy atom. The minimum absolute atomic E-state index is 0.101. The molecule has 0 fully saturated rings. The number of aromatic nitrogens is 1. The van der Waals surface area contributed by atoms with Crippen LogP contribution < -0.4 is 10.6 Å². The molecule has 8 heteroatoms. The molecule has 0 saturated heterocycles. The number of benzene rings is 1. The van der Waals surface area contributed by atoms with Gasteiger partial charge in [0.25, 0.3) is 5.91 Å². The van der Waals surface area contributed by atoms with E-state index in [-0.39, 0.29) is 16.8 Å². The molecule has 1 aromatic heterocycles.